The van der Waals surface area contributed by atoms with Gasteiger partial charge in [-0.25, -0.2) is 0 Å². The predicted octanol–water partition coefficient (Wildman–Crippen LogP) is 1.73. The Bertz CT molecular complexity index is 338. The summed E-state index contributed by atoms with van der Waals surface area (Å²) in [4.78, 5) is 15.2. The Hall–Kier alpha value is -1.09. The van der Waals surface area contributed by atoms with Gasteiger partial charge in [0.1, 0.15) is 5.69 Å². The van der Waals surface area contributed by atoms with Crippen LogP contribution in [0.1, 0.15) is 16.9 Å². The fraction of sp³-hybridized carbons (Fsp3) is 0.250. The number of anilines is 1. The van der Waals surface area contributed by atoms with Crippen LogP contribution in [0.25, 0.3) is 0 Å². The number of hydrogen-bond acceptors (Lipinski definition) is 3. The summed E-state index contributed by atoms with van der Waals surface area (Å²) >= 11 is 5.85. The highest BCUT2D eigenvalue weighted by molar-refractivity contribution is 6.34. The largest absolute Gasteiger partial charge is 0.382 e. The Morgan fingerprint density at radius 3 is 3.17 bits per heavy atom. The lowest BCUT2D eigenvalue weighted by atomic mass is 10.1. The molecule has 0 saturated carbocycles. The van der Waals surface area contributed by atoms with E-state index in [1.54, 1.807) is 12.3 Å². The summed E-state index contributed by atoms with van der Waals surface area (Å²) in [5.41, 5.74) is 1.14. The van der Waals surface area contributed by atoms with E-state index in [0.717, 1.165) is 0 Å². The fourth-order valence-electron chi connectivity index (χ4n) is 1.24. The predicted molar refractivity (Wildman–Crippen MR) is 46.7 cm³/mol. The van der Waals surface area contributed by atoms with E-state index in [1.165, 1.54) is 0 Å². The number of ketones is 1. The number of carbonyl (C=O) groups excluding carboxylic acids is 1. The molecule has 0 amide bonds. The monoisotopic (exact) mass is 182 g/mol. The molecule has 0 bridgehead atoms. The molecule has 0 fully saturated rings. The van der Waals surface area contributed by atoms with Crippen molar-refractivity contribution < 1.29 is 4.79 Å². The molecule has 3 nitrogen and oxygen atoms in total. The highest BCUT2D eigenvalue weighted by Crippen LogP contribution is 2.27. The minimum Gasteiger partial charge on any atom is -0.382 e. The Labute approximate surface area is 74.8 Å². The zero-order chi connectivity index (χ0) is 8.55. The van der Waals surface area contributed by atoms with Gasteiger partial charge in [-0.2, -0.15) is 0 Å². The Morgan fingerprint density at radius 2 is 2.42 bits per heavy atom. The minimum atomic E-state index is 0.0613. The summed E-state index contributed by atoms with van der Waals surface area (Å²) in [6.07, 6.45) is 2.05. The summed E-state index contributed by atoms with van der Waals surface area (Å²) < 4.78 is 0. The van der Waals surface area contributed by atoms with Crippen molar-refractivity contribution in [2.24, 2.45) is 0 Å². The molecule has 4 heteroatoms. The second-order valence-electron chi connectivity index (χ2n) is 2.62. The average Bonchev–Trinajstić information content (AvgIpc) is 2.07. The SMILES string of the molecule is O=C1CCNc2c(Cl)ccnc21. The van der Waals surface area contributed by atoms with Gasteiger partial charge in [-0.3, -0.25) is 9.78 Å². The molecule has 0 aliphatic carbocycles. The molecule has 1 aliphatic rings. The van der Waals surface area contributed by atoms with Gasteiger partial charge in [-0.15, -0.1) is 0 Å². The molecule has 0 radical (unpaired) electrons. The van der Waals surface area contributed by atoms with Crippen LogP contribution < -0.4 is 5.32 Å². The molecule has 1 N–H and O–H groups in total. The van der Waals surface area contributed by atoms with Gasteiger partial charge in [0, 0.05) is 19.2 Å². The number of nitrogens with zero attached hydrogens (tertiary/aromatic N) is 1. The number of nitrogens with one attached hydrogen (secondary N) is 1. The highest BCUT2D eigenvalue weighted by atomic mass is 35.5. The number of rotatable bonds is 0. The molecular weight excluding hydrogens is 176 g/mol. The van der Waals surface area contributed by atoms with E-state index in [-0.39, 0.29) is 5.78 Å². The van der Waals surface area contributed by atoms with Crippen molar-refractivity contribution in [1.29, 1.82) is 0 Å². The van der Waals surface area contributed by atoms with Gasteiger partial charge >= 0.3 is 0 Å². The highest BCUT2D eigenvalue weighted by Gasteiger charge is 2.19. The molecule has 62 valence electrons. The molecule has 1 aromatic heterocycles. The smallest absolute Gasteiger partial charge is 0.185 e. The molecule has 2 rings (SSSR count). The molecule has 0 spiro atoms. The molecule has 0 saturated heterocycles. The first kappa shape index (κ1) is 7.55. The Morgan fingerprint density at radius 1 is 1.58 bits per heavy atom. The van der Waals surface area contributed by atoms with Crippen molar-refractivity contribution in [2.45, 2.75) is 6.42 Å². The average molecular weight is 183 g/mol. The van der Waals surface area contributed by atoms with E-state index >= 15 is 0 Å². The summed E-state index contributed by atoms with van der Waals surface area (Å²) in [7, 11) is 0. The quantitative estimate of drug-likeness (QED) is 0.665. The first-order valence-electron chi connectivity index (χ1n) is 3.70. The van der Waals surface area contributed by atoms with Crippen molar-refractivity contribution >= 4 is 23.1 Å². The van der Waals surface area contributed by atoms with E-state index in [2.05, 4.69) is 10.3 Å². The normalized spacial score (nSPS) is 15.2. The molecule has 12 heavy (non-hydrogen) atoms. The van der Waals surface area contributed by atoms with Crippen LogP contribution in [0.2, 0.25) is 5.02 Å². The number of fused-ring (bicyclic) bond motifs is 1. The number of hydrogen-bond donors (Lipinski definition) is 1. The van der Waals surface area contributed by atoms with Crippen LogP contribution in [-0.4, -0.2) is 17.3 Å². The van der Waals surface area contributed by atoms with E-state index in [1.807, 2.05) is 0 Å². The summed E-state index contributed by atoms with van der Waals surface area (Å²) in [6, 6.07) is 1.67. The molecule has 0 aromatic carbocycles. The lowest BCUT2D eigenvalue weighted by molar-refractivity contribution is 0.0979. The number of carbonyl (C=O) groups is 1. The van der Waals surface area contributed by atoms with E-state index in [0.29, 0.717) is 29.4 Å². The Kier molecular flexibility index (Phi) is 1.73. The zero-order valence-corrected chi connectivity index (χ0v) is 7.06. The molecule has 2 heterocycles. The van der Waals surface area contributed by atoms with Gasteiger partial charge in [0.2, 0.25) is 0 Å². The minimum absolute atomic E-state index is 0.0613. The van der Waals surface area contributed by atoms with Crippen LogP contribution in [0.3, 0.4) is 0 Å². The van der Waals surface area contributed by atoms with Gasteiger partial charge < -0.3 is 5.32 Å². The lowest BCUT2D eigenvalue weighted by Gasteiger charge is -2.16. The second-order valence-corrected chi connectivity index (χ2v) is 3.02. The maximum absolute atomic E-state index is 11.3. The van der Waals surface area contributed by atoms with Crippen molar-refractivity contribution in [1.82, 2.24) is 4.98 Å². The van der Waals surface area contributed by atoms with Crippen LogP contribution in [0.15, 0.2) is 12.3 Å². The number of aromatic nitrogens is 1. The number of halogens is 1. The van der Waals surface area contributed by atoms with Gasteiger partial charge in [-0.05, 0) is 6.07 Å². The third-order valence-electron chi connectivity index (χ3n) is 1.82. The van der Waals surface area contributed by atoms with Crippen LogP contribution in [0.5, 0.6) is 0 Å². The molecule has 0 atom stereocenters. The van der Waals surface area contributed by atoms with Gasteiger partial charge in [0.15, 0.2) is 5.78 Å². The van der Waals surface area contributed by atoms with Crippen molar-refractivity contribution in [3.05, 3.63) is 23.0 Å². The fourth-order valence-corrected chi connectivity index (χ4v) is 1.45. The standard InChI is InChI=1S/C8H7ClN2O/c9-5-1-3-11-8-6(12)2-4-10-7(5)8/h1,3,10H,2,4H2. The molecule has 0 unspecified atom stereocenters. The first-order valence-corrected chi connectivity index (χ1v) is 4.08. The van der Waals surface area contributed by atoms with Crippen molar-refractivity contribution in [3.8, 4) is 0 Å². The third kappa shape index (κ3) is 1.06. The van der Waals surface area contributed by atoms with E-state index in [4.69, 9.17) is 11.6 Å². The van der Waals surface area contributed by atoms with Crippen LogP contribution in [0, 0.1) is 0 Å². The molecular formula is C8H7ClN2O. The summed E-state index contributed by atoms with van der Waals surface area (Å²) in [6.45, 7) is 0.650. The molecule has 1 aliphatic heterocycles. The van der Waals surface area contributed by atoms with Gasteiger partial charge in [-0.1, -0.05) is 11.6 Å². The van der Waals surface area contributed by atoms with E-state index < -0.39 is 0 Å². The maximum Gasteiger partial charge on any atom is 0.185 e. The van der Waals surface area contributed by atoms with Crippen molar-refractivity contribution in [3.63, 3.8) is 0 Å². The number of pyridine rings is 1. The second kappa shape index (κ2) is 2.75. The van der Waals surface area contributed by atoms with Crippen molar-refractivity contribution in [2.75, 3.05) is 11.9 Å². The topological polar surface area (TPSA) is 42.0 Å². The lowest BCUT2D eigenvalue weighted by Crippen LogP contribution is -2.19. The first-order chi connectivity index (χ1) is 5.79. The van der Waals surface area contributed by atoms with Crippen LogP contribution >= 0.6 is 11.6 Å². The summed E-state index contributed by atoms with van der Waals surface area (Å²) in [5.74, 6) is 0.0613. The zero-order valence-electron chi connectivity index (χ0n) is 6.30. The maximum atomic E-state index is 11.3. The van der Waals surface area contributed by atoms with Gasteiger partial charge in [0.25, 0.3) is 0 Å². The van der Waals surface area contributed by atoms with Gasteiger partial charge in [0.05, 0.1) is 10.7 Å². The van der Waals surface area contributed by atoms with Crippen LogP contribution in [-0.2, 0) is 0 Å². The molecule has 1 aromatic rings. The Balaban J connectivity index is 2.59. The van der Waals surface area contributed by atoms with Crippen LogP contribution in [0.4, 0.5) is 5.69 Å². The number of Topliss-reactive ketones (excluding diaryl/α,β-unsaturated/α-hetero) is 1. The third-order valence-corrected chi connectivity index (χ3v) is 2.13. The van der Waals surface area contributed by atoms with E-state index in [9.17, 15) is 4.79 Å². The summed E-state index contributed by atoms with van der Waals surface area (Å²) in [5, 5.41) is 3.61.